The summed E-state index contributed by atoms with van der Waals surface area (Å²) in [6, 6.07) is 11.2. The van der Waals surface area contributed by atoms with Gasteiger partial charge in [-0.3, -0.25) is 4.79 Å². The first kappa shape index (κ1) is 16.8. The van der Waals surface area contributed by atoms with Crippen LogP contribution in [0.1, 0.15) is 25.3 Å². The van der Waals surface area contributed by atoms with Crippen molar-refractivity contribution in [3.8, 4) is 11.5 Å². The summed E-state index contributed by atoms with van der Waals surface area (Å²) in [5, 5.41) is 2.77. The molecule has 122 valence electrons. The minimum absolute atomic E-state index is 0.0666. The van der Waals surface area contributed by atoms with Crippen LogP contribution < -0.4 is 14.8 Å². The first-order valence-electron chi connectivity index (χ1n) is 7.76. The molecule has 5 nitrogen and oxygen atoms in total. The molecule has 5 heteroatoms. The van der Waals surface area contributed by atoms with E-state index in [0.29, 0.717) is 37.6 Å². The molecule has 23 heavy (non-hydrogen) atoms. The highest BCUT2D eigenvalue weighted by molar-refractivity contribution is 5.89. The SMILES string of the molecule is CCOc1ccccc1OCCCC(=O)Nc1ccc(C)cn1. The van der Waals surface area contributed by atoms with E-state index in [-0.39, 0.29) is 5.91 Å². The second kappa shape index (κ2) is 8.78. The smallest absolute Gasteiger partial charge is 0.225 e. The summed E-state index contributed by atoms with van der Waals surface area (Å²) >= 11 is 0. The average Bonchev–Trinajstić information content (AvgIpc) is 2.55. The fourth-order valence-corrected chi connectivity index (χ4v) is 2.01. The minimum atomic E-state index is -0.0666. The first-order valence-corrected chi connectivity index (χ1v) is 7.76. The fourth-order valence-electron chi connectivity index (χ4n) is 2.01. The summed E-state index contributed by atoms with van der Waals surface area (Å²) in [5.74, 6) is 1.93. The average molecular weight is 314 g/mol. The maximum Gasteiger partial charge on any atom is 0.225 e. The monoisotopic (exact) mass is 314 g/mol. The Bertz CT molecular complexity index is 626. The van der Waals surface area contributed by atoms with Gasteiger partial charge in [0.05, 0.1) is 13.2 Å². The van der Waals surface area contributed by atoms with Gasteiger partial charge in [-0.15, -0.1) is 0 Å². The van der Waals surface area contributed by atoms with Crippen molar-refractivity contribution >= 4 is 11.7 Å². The van der Waals surface area contributed by atoms with Crippen LogP contribution in [0.2, 0.25) is 0 Å². The molecule has 0 aliphatic carbocycles. The third kappa shape index (κ3) is 5.62. The predicted octanol–water partition coefficient (Wildman–Crippen LogP) is 3.59. The Morgan fingerprint density at radius 3 is 2.52 bits per heavy atom. The number of pyridine rings is 1. The van der Waals surface area contributed by atoms with E-state index in [0.717, 1.165) is 11.3 Å². The highest BCUT2D eigenvalue weighted by atomic mass is 16.5. The van der Waals surface area contributed by atoms with Gasteiger partial charge >= 0.3 is 0 Å². The molecule has 0 saturated heterocycles. The number of aryl methyl sites for hydroxylation is 1. The Labute approximate surface area is 136 Å². The summed E-state index contributed by atoms with van der Waals surface area (Å²) < 4.78 is 11.2. The Hall–Kier alpha value is -2.56. The second-order valence-corrected chi connectivity index (χ2v) is 5.10. The van der Waals surface area contributed by atoms with Crippen LogP contribution in [-0.4, -0.2) is 24.1 Å². The number of rotatable bonds is 8. The van der Waals surface area contributed by atoms with Crippen molar-refractivity contribution in [1.82, 2.24) is 4.98 Å². The standard InChI is InChI=1S/C18H22N2O3/c1-3-22-15-7-4-5-8-16(15)23-12-6-9-18(21)20-17-11-10-14(2)13-19-17/h4-5,7-8,10-11,13H,3,6,9,12H2,1-2H3,(H,19,20,21). The number of benzene rings is 1. The molecule has 0 fully saturated rings. The molecule has 0 aliphatic rings. The molecular formula is C18H22N2O3. The molecule has 0 saturated carbocycles. The maximum atomic E-state index is 11.8. The van der Waals surface area contributed by atoms with E-state index in [1.807, 2.05) is 44.2 Å². The lowest BCUT2D eigenvalue weighted by Gasteiger charge is -2.11. The van der Waals surface area contributed by atoms with Crippen molar-refractivity contribution in [3.63, 3.8) is 0 Å². The Balaban J connectivity index is 1.73. The van der Waals surface area contributed by atoms with Gasteiger partial charge in [-0.1, -0.05) is 18.2 Å². The molecule has 1 heterocycles. The van der Waals surface area contributed by atoms with Gasteiger partial charge in [-0.05, 0) is 44.0 Å². The van der Waals surface area contributed by atoms with Crippen LogP contribution in [0.25, 0.3) is 0 Å². The number of hydrogen-bond donors (Lipinski definition) is 1. The van der Waals surface area contributed by atoms with Crippen LogP contribution in [0, 0.1) is 6.92 Å². The third-order valence-corrected chi connectivity index (χ3v) is 3.13. The lowest BCUT2D eigenvalue weighted by atomic mass is 10.3. The lowest BCUT2D eigenvalue weighted by molar-refractivity contribution is -0.116. The van der Waals surface area contributed by atoms with Gasteiger partial charge in [0.15, 0.2) is 11.5 Å². The summed E-state index contributed by atoms with van der Waals surface area (Å²) in [4.78, 5) is 16.0. The van der Waals surface area contributed by atoms with E-state index in [1.54, 1.807) is 12.3 Å². The Morgan fingerprint density at radius 1 is 1.13 bits per heavy atom. The number of amides is 1. The number of carbonyl (C=O) groups excluding carboxylic acids is 1. The quantitative estimate of drug-likeness (QED) is 0.757. The number of anilines is 1. The number of aromatic nitrogens is 1. The molecule has 1 N–H and O–H groups in total. The van der Waals surface area contributed by atoms with Gasteiger partial charge in [0, 0.05) is 12.6 Å². The van der Waals surface area contributed by atoms with Crippen LogP contribution in [0.4, 0.5) is 5.82 Å². The van der Waals surface area contributed by atoms with Gasteiger partial charge in [-0.2, -0.15) is 0 Å². The number of nitrogens with zero attached hydrogens (tertiary/aromatic N) is 1. The van der Waals surface area contributed by atoms with Crippen LogP contribution in [0.5, 0.6) is 11.5 Å². The van der Waals surface area contributed by atoms with E-state index >= 15 is 0 Å². The molecule has 1 aromatic heterocycles. The molecule has 0 bridgehead atoms. The van der Waals surface area contributed by atoms with Gasteiger partial charge in [0.25, 0.3) is 0 Å². The molecule has 1 aromatic carbocycles. The fraction of sp³-hybridized carbons (Fsp3) is 0.333. The van der Waals surface area contributed by atoms with E-state index < -0.39 is 0 Å². The summed E-state index contributed by atoms with van der Waals surface area (Å²) in [7, 11) is 0. The van der Waals surface area contributed by atoms with E-state index in [9.17, 15) is 4.79 Å². The van der Waals surface area contributed by atoms with Crippen LogP contribution in [0.3, 0.4) is 0 Å². The third-order valence-electron chi connectivity index (χ3n) is 3.13. The second-order valence-electron chi connectivity index (χ2n) is 5.10. The molecule has 0 atom stereocenters. The first-order chi connectivity index (χ1) is 11.2. The molecule has 1 amide bonds. The zero-order valence-electron chi connectivity index (χ0n) is 13.5. The van der Waals surface area contributed by atoms with Gasteiger partial charge < -0.3 is 14.8 Å². The number of hydrogen-bond acceptors (Lipinski definition) is 4. The van der Waals surface area contributed by atoms with Crippen molar-refractivity contribution in [3.05, 3.63) is 48.2 Å². The zero-order chi connectivity index (χ0) is 16.5. The molecule has 2 aromatic rings. The largest absolute Gasteiger partial charge is 0.490 e. The van der Waals surface area contributed by atoms with Gasteiger partial charge in [0.1, 0.15) is 5.82 Å². The van der Waals surface area contributed by atoms with Crippen molar-refractivity contribution < 1.29 is 14.3 Å². The highest BCUT2D eigenvalue weighted by Crippen LogP contribution is 2.26. The van der Waals surface area contributed by atoms with Crippen molar-refractivity contribution in [2.24, 2.45) is 0 Å². The number of para-hydroxylation sites is 2. The normalized spacial score (nSPS) is 10.2. The van der Waals surface area contributed by atoms with E-state index in [4.69, 9.17) is 9.47 Å². The van der Waals surface area contributed by atoms with Gasteiger partial charge in [0.2, 0.25) is 5.91 Å². The van der Waals surface area contributed by atoms with Crippen molar-refractivity contribution in [2.45, 2.75) is 26.7 Å². The number of carbonyl (C=O) groups is 1. The summed E-state index contributed by atoms with van der Waals surface area (Å²) in [6.45, 7) is 4.93. The number of ether oxygens (including phenoxy) is 2. The number of nitrogens with one attached hydrogen (secondary N) is 1. The zero-order valence-corrected chi connectivity index (χ0v) is 13.5. The van der Waals surface area contributed by atoms with Crippen LogP contribution in [-0.2, 0) is 4.79 Å². The summed E-state index contributed by atoms with van der Waals surface area (Å²) in [6.07, 6.45) is 2.73. The van der Waals surface area contributed by atoms with Crippen molar-refractivity contribution in [1.29, 1.82) is 0 Å². The summed E-state index contributed by atoms with van der Waals surface area (Å²) in [5.41, 5.74) is 1.06. The molecule has 0 spiro atoms. The topological polar surface area (TPSA) is 60.5 Å². The van der Waals surface area contributed by atoms with Crippen molar-refractivity contribution in [2.75, 3.05) is 18.5 Å². The van der Waals surface area contributed by atoms with Gasteiger partial charge in [-0.25, -0.2) is 4.98 Å². The highest BCUT2D eigenvalue weighted by Gasteiger charge is 2.06. The molecule has 2 rings (SSSR count). The molecular weight excluding hydrogens is 292 g/mol. The van der Waals surface area contributed by atoms with Crippen LogP contribution in [0.15, 0.2) is 42.6 Å². The van der Waals surface area contributed by atoms with Crippen LogP contribution >= 0.6 is 0 Å². The van der Waals surface area contributed by atoms with E-state index in [1.165, 1.54) is 0 Å². The maximum absolute atomic E-state index is 11.8. The Morgan fingerprint density at radius 2 is 1.87 bits per heavy atom. The lowest BCUT2D eigenvalue weighted by Crippen LogP contribution is -2.13. The molecule has 0 unspecified atom stereocenters. The molecule has 0 aliphatic heterocycles. The minimum Gasteiger partial charge on any atom is -0.490 e. The molecule has 0 radical (unpaired) electrons. The predicted molar refractivity (Wildman–Crippen MR) is 89.9 cm³/mol. The van der Waals surface area contributed by atoms with E-state index in [2.05, 4.69) is 10.3 Å². The Kier molecular flexibility index (Phi) is 6.41.